The second-order valence-corrected chi connectivity index (χ2v) is 23.9. The summed E-state index contributed by atoms with van der Waals surface area (Å²) in [4.78, 5) is 33.6. The third-order valence-electron chi connectivity index (χ3n) is 16.6. The number of nitrogens with one attached hydrogen (secondary N) is 2. The van der Waals surface area contributed by atoms with Crippen molar-refractivity contribution in [2.75, 3.05) is 19.6 Å². The molecule has 0 aromatic heterocycles. The number of rotatable bonds is 3. The highest BCUT2D eigenvalue weighted by Gasteiger charge is 2.57. The quantitative estimate of drug-likeness (QED) is 0.126. The van der Waals surface area contributed by atoms with E-state index in [-0.39, 0.29) is 46.5 Å². The summed E-state index contributed by atoms with van der Waals surface area (Å²) < 4.78 is 12.6. The number of carbonyl (C=O) groups is 2. The number of dihydropyridines is 1. The Labute approximate surface area is 394 Å². The van der Waals surface area contributed by atoms with Crippen molar-refractivity contribution in [3.8, 4) is 11.5 Å². The fraction of sp³-hybridized carbons (Fsp3) is 0.706. The van der Waals surface area contributed by atoms with Gasteiger partial charge in [-0.25, -0.2) is 0 Å². The third kappa shape index (κ3) is 10.5. The van der Waals surface area contributed by atoms with Gasteiger partial charge in [-0.1, -0.05) is 52.7 Å². The molecule has 1 aromatic rings. The summed E-state index contributed by atoms with van der Waals surface area (Å²) >= 11 is 0. The molecule has 9 aliphatic rings. The lowest BCUT2D eigenvalue weighted by Gasteiger charge is -2.45. The van der Waals surface area contributed by atoms with Crippen LogP contribution in [0, 0.1) is 22.7 Å². The van der Waals surface area contributed by atoms with Crippen molar-refractivity contribution in [2.45, 2.75) is 183 Å². The van der Waals surface area contributed by atoms with Crippen molar-refractivity contribution in [3.05, 3.63) is 52.4 Å². The number of aliphatic imine (C=N–C) groups is 1. The third-order valence-corrected chi connectivity index (χ3v) is 20.4. The highest BCUT2D eigenvalue weighted by atomic mass is 33.1. The minimum absolute atomic E-state index is 0.0265. The van der Waals surface area contributed by atoms with E-state index in [1.165, 1.54) is 58.3 Å². The number of hydrogen-bond donors (Lipinski definition) is 6. The van der Waals surface area contributed by atoms with Gasteiger partial charge in [-0.3, -0.25) is 14.6 Å². The number of ether oxygens (including phenoxy) is 2. The zero-order valence-corrected chi connectivity index (χ0v) is 40.3. The molecule has 5 fully saturated rings. The smallest absolute Gasteiger partial charge is 0.302 e. The van der Waals surface area contributed by atoms with Crippen LogP contribution in [0.3, 0.4) is 0 Å². The normalized spacial score (nSPS) is 34.4. The molecule has 0 radical (unpaired) electrons. The second-order valence-electron chi connectivity index (χ2n) is 21.1. The first-order valence-corrected chi connectivity index (χ1v) is 27.3. The van der Waals surface area contributed by atoms with Crippen LogP contribution in [-0.2, 0) is 27.3 Å². The molecule has 6 atom stereocenters. The Balaban J connectivity index is 1.04. The summed E-state index contributed by atoms with van der Waals surface area (Å²) in [5, 5.41) is 31.2. The first kappa shape index (κ1) is 46.6. The average Bonchev–Trinajstić information content (AvgIpc) is 4.05. The number of aromatic hydroxyl groups is 1. The number of esters is 1. The van der Waals surface area contributed by atoms with Gasteiger partial charge in [-0.05, 0) is 145 Å². The average molecular weight is 931 g/mol. The van der Waals surface area contributed by atoms with E-state index in [4.69, 9.17) is 25.9 Å². The number of hydrogen-bond acceptors (Lipinski definition) is 13. The SMILES string of the molecule is CC(=O)O[C@@H]1CCc2cc(c(O)c3c2C=C[C@H]2CCC[C@@H]2O3)CN2C[C@](CC3=CCNC(N)=C3)(CCN=C(N)N[C@]3(CCCC34CCCC4)SSC3CCC(CC3)CC[C@H](O)C1)CC2=O. The van der Waals surface area contributed by atoms with Crippen LogP contribution < -0.4 is 26.8 Å². The molecule has 5 heterocycles. The Morgan fingerprint density at radius 3 is 2.60 bits per heavy atom. The van der Waals surface area contributed by atoms with E-state index in [2.05, 4.69) is 39.7 Å². The van der Waals surface area contributed by atoms with Crippen molar-refractivity contribution in [3.63, 3.8) is 0 Å². The van der Waals surface area contributed by atoms with E-state index in [9.17, 15) is 19.8 Å². The van der Waals surface area contributed by atoms with Crippen LogP contribution in [0.4, 0.5) is 0 Å². The van der Waals surface area contributed by atoms with Crippen LogP contribution >= 0.6 is 21.6 Å². The molecule has 1 saturated heterocycles. The van der Waals surface area contributed by atoms with Gasteiger partial charge in [0.05, 0.1) is 11.9 Å². The largest absolute Gasteiger partial charge is 0.504 e. The number of aliphatic hydroxyl groups excluding tert-OH is 1. The van der Waals surface area contributed by atoms with Gasteiger partial charge in [0, 0.05) is 79.1 Å². The predicted octanol–water partition coefficient (Wildman–Crippen LogP) is 8.49. The predicted molar refractivity (Wildman–Crippen MR) is 261 cm³/mol. The first-order chi connectivity index (χ1) is 31.4. The lowest BCUT2D eigenvalue weighted by molar-refractivity contribution is -0.148. The van der Waals surface area contributed by atoms with Gasteiger partial charge in [0.15, 0.2) is 17.5 Å². The molecule has 8 N–H and O–H groups in total. The number of fused-ring (bicyclic) bond motifs is 14. The number of phenolic OH excluding ortho intramolecular Hbond substituents is 1. The molecule has 356 valence electrons. The Morgan fingerprint density at radius 1 is 1.00 bits per heavy atom. The lowest BCUT2D eigenvalue weighted by atomic mass is 9.77. The topological polar surface area (TPSA) is 185 Å². The first-order valence-electron chi connectivity index (χ1n) is 25.1. The van der Waals surface area contributed by atoms with Crippen molar-refractivity contribution in [2.24, 2.45) is 39.1 Å². The van der Waals surface area contributed by atoms with E-state index >= 15 is 0 Å². The van der Waals surface area contributed by atoms with Gasteiger partial charge in [-0.15, -0.1) is 0 Å². The number of amides is 1. The number of aliphatic hydroxyl groups is 1. The standard InChI is InChI=1S/C51H74N6O6S2/c1-33(58)62-40-14-11-37-27-38(46(61)47-42(37)17-12-36-6-4-7-43(36)63-47)31-57-32-49(30-45(57)60,29-35-18-24-54-44(52)26-35)23-25-55-48(53)56-51(22-5-21-50(51)19-2-3-20-50)65-64-41-15-9-34(10-16-41)8-13-39(59)28-40/h12,17-18,26-27,34,36,39-41,43,54,59,61H,2-11,13-16,19-25,28-32,52H2,1H3,(H3,53,55,56)/t34?,36-,39+,40-,41?,43+,49+,51-/m1/s1. The maximum absolute atomic E-state index is 14.3. The Hall–Kier alpha value is -3.49. The van der Waals surface area contributed by atoms with Crippen LogP contribution in [0.5, 0.6) is 11.5 Å². The van der Waals surface area contributed by atoms with Crippen molar-refractivity contribution < 1.29 is 29.3 Å². The zero-order valence-electron chi connectivity index (χ0n) is 38.6. The number of aryl methyl sites for hydroxylation is 1. The fourth-order valence-corrected chi connectivity index (χ4v) is 17.1. The van der Waals surface area contributed by atoms with Gasteiger partial charge in [0.25, 0.3) is 0 Å². The number of benzene rings is 1. The summed E-state index contributed by atoms with van der Waals surface area (Å²) in [7, 11) is 4.12. The molecule has 2 spiro atoms. The molecule has 6 bridgehead atoms. The molecule has 5 aliphatic heterocycles. The molecule has 12 nitrogen and oxygen atoms in total. The molecule has 0 unspecified atom stereocenters. The second kappa shape index (κ2) is 20.0. The monoisotopic (exact) mass is 931 g/mol. The van der Waals surface area contributed by atoms with Crippen molar-refractivity contribution in [1.29, 1.82) is 0 Å². The van der Waals surface area contributed by atoms with Gasteiger partial charge >= 0.3 is 5.97 Å². The Kier molecular flexibility index (Phi) is 14.3. The molecule has 14 heteroatoms. The summed E-state index contributed by atoms with van der Waals surface area (Å²) in [6.07, 6.45) is 28.4. The maximum Gasteiger partial charge on any atom is 0.302 e. The molecular weight excluding hydrogens is 857 g/mol. The zero-order chi connectivity index (χ0) is 45.2. The van der Waals surface area contributed by atoms with Crippen molar-refractivity contribution >= 4 is 45.5 Å². The van der Waals surface area contributed by atoms with Crippen LogP contribution in [0.1, 0.15) is 158 Å². The van der Waals surface area contributed by atoms with Crippen molar-refractivity contribution in [1.82, 2.24) is 15.5 Å². The summed E-state index contributed by atoms with van der Waals surface area (Å²) in [5.41, 5.74) is 16.6. The maximum atomic E-state index is 14.3. The minimum atomic E-state index is -0.576. The van der Waals surface area contributed by atoms with Crippen LogP contribution in [0.2, 0.25) is 0 Å². The minimum Gasteiger partial charge on any atom is -0.504 e. The van der Waals surface area contributed by atoms with E-state index in [0.29, 0.717) is 98.8 Å². The molecule has 65 heavy (non-hydrogen) atoms. The Morgan fingerprint density at radius 2 is 1.80 bits per heavy atom. The molecule has 1 amide bonds. The number of allylic oxidation sites excluding steroid dienone is 2. The van der Waals surface area contributed by atoms with Crippen LogP contribution in [0.25, 0.3) is 6.08 Å². The van der Waals surface area contributed by atoms with E-state index in [1.807, 2.05) is 27.8 Å². The van der Waals surface area contributed by atoms with E-state index in [1.54, 1.807) is 0 Å². The molecule has 1 aromatic carbocycles. The number of guanidine groups is 1. The van der Waals surface area contributed by atoms with Gasteiger partial charge in [0.1, 0.15) is 17.1 Å². The number of carbonyl (C=O) groups excluding carboxylic acids is 2. The van der Waals surface area contributed by atoms with Crippen LogP contribution in [-0.4, -0.2) is 81.0 Å². The van der Waals surface area contributed by atoms with Gasteiger partial charge in [0.2, 0.25) is 5.91 Å². The number of phenols is 1. The van der Waals surface area contributed by atoms with E-state index < -0.39 is 17.6 Å². The summed E-state index contributed by atoms with van der Waals surface area (Å²) in [6.45, 7) is 3.30. The molecular formula is C51H74N6O6S2. The highest BCUT2D eigenvalue weighted by Crippen LogP contribution is 2.64. The molecule has 4 saturated carbocycles. The Bertz CT molecular complexity index is 2040. The fourth-order valence-electron chi connectivity index (χ4n) is 13.1. The number of nitrogens with two attached hydrogens (primary N) is 2. The highest BCUT2D eigenvalue weighted by molar-refractivity contribution is 8.77. The molecule has 4 aliphatic carbocycles. The number of nitrogens with zero attached hydrogens (tertiary/aromatic N) is 2. The van der Waals surface area contributed by atoms with Gasteiger partial charge < -0.3 is 46.7 Å². The van der Waals surface area contributed by atoms with Gasteiger partial charge in [-0.2, -0.15) is 0 Å². The summed E-state index contributed by atoms with van der Waals surface area (Å²) in [6, 6.07) is 2.03. The van der Waals surface area contributed by atoms with Crippen LogP contribution in [0.15, 0.2) is 40.7 Å². The molecule has 10 rings (SSSR count). The summed E-state index contributed by atoms with van der Waals surface area (Å²) in [5.74, 6) is 2.22. The van der Waals surface area contributed by atoms with E-state index in [0.717, 1.165) is 61.6 Å². The lowest BCUT2D eigenvalue weighted by Crippen LogP contribution is -2.55.